The van der Waals surface area contributed by atoms with Crippen molar-refractivity contribution < 1.29 is 38.2 Å². The molecule has 0 bridgehead atoms. The second-order valence-corrected chi connectivity index (χ2v) is 15.6. The molecule has 0 amide bonds. The van der Waals surface area contributed by atoms with Crippen LogP contribution >= 0.6 is 0 Å². The quantitative estimate of drug-likeness (QED) is 0.0290. The van der Waals surface area contributed by atoms with Crippen molar-refractivity contribution in [2.45, 2.75) is 193 Å². The van der Waals surface area contributed by atoms with E-state index in [2.05, 4.69) is 50.3 Å². The first kappa shape index (κ1) is 50.5. The third-order valence-electron chi connectivity index (χ3n) is 9.54. The maximum atomic E-state index is 12.7. The lowest BCUT2D eigenvalue weighted by Gasteiger charge is -2.31. The van der Waals surface area contributed by atoms with Gasteiger partial charge < -0.3 is 23.8 Å². The molecule has 0 aliphatic heterocycles. The van der Waals surface area contributed by atoms with Gasteiger partial charge in [-0.15, -0.1) is 0 Å². The Labute approximate surface area is 325 Å². The molecule has 0 aromatic heterocycles. The van der Waals surface area contributed by atoms with Crippen molar-refractivity contribution in [2.75, 3.05) is 41.0 Å². The number of hydrogen-bond donors (Lipinski definition) is 1. The Morgan fingerprint density at radius 3 is 1.53 bits per heavy atom. The molecule has 0 radical (unpaired) electrons. The Balaban J connectivity index is 4.45. The molecule has 308 valence electrons. The molecule has 0 rings (SSSR count). The van der Waals surface area contributed by atoms with Gasteiger partial charge in [0.2, 0.25) is 0 Å². The van der Waals surface area contributed by atoms with Gasteiger partial charge in [-0.1, -0.05) is 153 Å². The van der Waals surface area contributed by atoms with Crippen LogP contribution in [0, 0.1) is 0 Å². The third-order valence-corrected chi connectivity index (χ3v) is 9.54. The van der Waals surface area contributed by atoms with Crippen LogP contribution in [0.1, 0.15) is 181 Å². The SMILES string of the molecule is CCCCCCCC/C=C/C/C=C/C/C=C/CCCC(=O)OC(COCCC(C(=O)O)[N+](C)(C)C)COC(=O)CCCCCCCCCCCCCC. The molecule has 0 aliphatic rings. The summed E-state index contributed by atoms with van der Waals surface area (Å²) in [5, 5.41) is 9.60. The number of aliphatic carboxylic acids is 1. The molecule has 1 N–H and O–H groups in total. The summed E-state index contributed by atoms with van der Waals surface area (Å²) in [6.07, 6.45) is 40.5. The number of ether oxygens (including phenoxy) is 3. The number of quaternary nitrogens is 1. The third kappa shape index (κ3) is 35.0. The van der Waals surface area contributed by atoms with Crippen LogP contribution in [0.3, 0.4) is 0 Å². The van der Waals surface area contributed by atoms with Crippen LogP contribution in [0.2, 0.25) is 0 Å². The van der Waals surface area contributed by atoms with E-state index in [1.165, 1.54) is 103 Å². The van der Waals surface area contributed by atoms with Crippen molar-refractivity contribution >= 4 is 17.9 Å². The smallest absolute Gasteiger partial charge is 0.362 e. The van der Waals surface area contributed by atoms with Crippen LogP contribution < -0.4 is 0 Å². The van der Waals surface area contributed by atoms with Crippen molar-refractivity contribution in [2.24, 2.45) is 0 Å². The number of unbranched alkanes of at least 4 members (excludes halogenated alkanes) is 18. The molecule has 8 nitrogen and oxygen atoms in total. The summed E-state index contributed by atoms with van der Waals surface area (Å²) in [6.45, 7) is 4.67. The van der Waals surface area contributed by atoms with Crippen molar-refractivity contribution in [3.63, 3.8) is 0 Å². The highest BCUT2D eigenvalue weighted by Crippen LogP contribution is 2.14. The summed E-state index contributed by atoms with van der Waals surface area (Å²) in [7, 11) is 5.51. The highest BCUT2D eigenvalue weighted by Gasteiger charge is 2.31. The molecule has 0 saturated heterocycles. The highest BCUT2D eigenvalue weighted by atomic mass is 16.6. The fourth-order valence-electron chi connectivity index (χ4n) is 6.17. The number of esters is 2. The molecular weight excluding hydrogens is 666 g/mol. The van der Waals surface area contributed by atoms with E-state index in [4.69, 9.17) is 14.2 Å². The van der Waals surface area contributed by atoms with E-state index < -0.39 is 18.1 Å². The van der Waals surface area contributed by atoms with Crippen molar-refractivity contribution in [1.82, 2.24) is 0 Å². The topological polar surface area (TPSA) is 99.1 Å². The standard InChI is InChI=1S/C45H81NO7/c1-6-8-10-12-14-16-18-20-21-22-23-24-26-28-30-32-34-36-44(48)53-41(39-51-38-37-42(45(49)50)46(3,4)5)40-52-43(47)35-33-31-29-27-25-19-17-15-13-11-9-7-2/h20-21,23-24,28,30,41-42H,6-19,22,25-27,29,31-40H2,1-5H3/p+1/b21-20+,24-23+,30-28+. The number of carboxylic acids is 1. The Hall–Kier alpha value is -2.45. The van der Waals surface area contributed by atoms with Gasteiger partial charge >= 0.3 is 17.9 Å². The first-order chi connectivity index (χ1) is 25.6. The zero-order valence-corrected chi connectivity index (χ0v) is 35.0. The lowest BCUT2D eigenvalue weighted by molar-refractivity contribution is -0.887. The van der Waals surface area contributed by atoms with Gasteiger partial charge in [-0.05, 0) is 44.9 Å². The number of rotatable bonds is 38. The highest BCUT2D eigenvalue weighted by molar-refractivity contribution is 5.72. The summed E-state index contributed by atoms with van der Waals surface area (Å²) in [6, 6.07) is -0.621. The lowest BCUT2D eigenvalue weighted by atomic mass is 10.0. The van der Waals surface area contributed by atoms with Crippen LogP contribution in [0.5, 0.6) is 0 Å². The van der Waals surface area contributed by atoms with E-state index in [1.54, 1.807) is 0 Å². The van der Waals surface area contributed by atoms with Gasteiger partial charge in [0.15, 0.2) is 12.1 Å². The second-order valence-electron chi connectivity index (χ2n) is 15.6. The van der Waals surface area contributed by atoms with Crippen LogP contribution in [0.25, 0.3) is 0 Å². The minimum Gasteiger partial charge on any atom is -0.477 e. The zero-order chi connectivity index (χ0) is 39.3. The molecule has 53 heavy (non-hydrogen) atoms. The number of allylic oxidation sites excluding steroid dienone is 6. The molecule has 2 atom stereocenters. The van der Waals surface area contributed by atoms with Gasteiger partial charge in [-0.25, -0.2) is 4.79 Å². The first-order valence-electron chi connectivity index (χ1n) is 21.5. The fraction of sp³-hybridized carbons (Fsp3) is 0.800. The predicted octanol–water partition coefficient (Wildman–Crippen LogP) is 11.5. The zero-order valence-electron chi connectivity index (χ0n) is 35.0. The normalized spacial score (nSPS) is 13.3. The van der Waals surface area contributed by atoms with Crippen molar-refractivity contribution in [3.05, 3.63) is 36.5 Å². The Morgan fingerprint density at radius 1 is 0.566 bits per heavy atom. The van der Waals surface area contributed by atoms with E-state index in [9.17, 15) is 19.5 Å². The van der Waals surface area contributed by atoms with E-state index in [0.29, 0.717) is 19.3 Å². The van der Waals surface area contributed by atoms with Crippen LogP contribution in [-0.2, 0) is 28.6 Å². The minimum absolute atomic E-state index is 0.0432. The maximum Gasteiger partial charge on any atom is 0.362 e. The summed E-state index contributed by atoms with van der Waals surface area (Å²) >= 11 is 0. The van der Waals surface area contributed by atoms with Gasteiger partial charge in [0.05, 0.1) is 34.4 Å². The predicted molar refractivity (Wildman–Crippen MR) is 220 cm³/mol. The maximum absolute atomic E-state index is 12.7. The number of carbonyl (C=O) groups is 3. The summed E-state index contributed by atoms with van der Waals surface area (Å²) in [5.41, 5.74) is 0. The summed E-state index contributed by atoms with van der Waals surface area (Å²) in [5.74, 6) is -1.53. The van der Waals surface area contributed by atoms with Crippen LogP contribution in [0.15, 0.2) is 36.5 Å². The molecule has 0 spiro atoms. The molecular formula is C45H82NO7+. The first-order valence-corrected chi connectivity index (χ1v) is 21.5. The molecule has 0 fully saturated rings. The molecule has 0 aromatic rings. The lowest BCUT2D eigenvalue weighted by Crippen LogP contribution is -2.50. The van der Waals surface area contributed by atoms with E-state index in [-0.39, 0.29) is 42.7 Å². The number of nitrogens with zero attached hydrogens (tertiary/aromatic N) is 1. The number of carboxylic acid groups (broad SMARTS) is 1. The van der Waals surface area contributed by atoms with Gasteiger partial charge in [-0.2, -0.15) is 0 Å². The largest absolute Gasteiger partial charge is 0.477 e. The van der Waals surface area contributed by atoms with E-state index in [1.807, 2.05) is 21.1 Å². The minimum atomic E-state index is -0.882. The molecule has 0 aromatic carbocycles. The molecule has 0 saturated carbocycles. The molecule has 8 heteroatoms. The van der Waals surface area contributed by atoms with Gasteiger partial charge in [0.25, 0.3) is 0 Å². The van der Waals surface area contributed by atoms with E-state index >= 15 is 0 Å². The Bertz CT molecular complexity index is 968. The molecule has 2 unspecified atom stereocenters. The molecule has 0 aliphatic carbocycles. The van der Waals surface area contributed by atoms with Crippen molar-refractivity contribution in [3.8, 4) is 0 Å². The number of hydrogen-bond acceptors (Lipinski definition) is 6. The van der Waals surface area contributed by atoms with Gasteiger partial charge in [-0.3, -0.25) is 9.59 Å². The van der Waals surface area contributed by atoms with Gasteiger partial charge in [0, 0.05) is 19.3 Å². The van der Waals surface area contributed by atoms with Crippen LogP contribution in [-0.4, -0.2) is 80.6 Å². The van der Waals surface area contributed by atoms with E-state index in [0.717, 1.165) is 38.5 Å². The monoisotopic (exact) mass is 749 g/mol. The summed E-state index contributed by atoms with van der Waals surface area (Å²) < 4.78 is 17.2. The Kier molecular flexibility index (Phi) is 34.8. The van der Waals surface area contributed by atoms with Crippen molar-refractivity contribution in [1.29, 1.82) is 0 Å². The fourth-order valence-corrected chi connectivity index (χ4v) is 6.17. The number of carbonyl (C=O) groups excluding carboxylic acids is 2. The second kappa shape index (κ2) is 36.5. The van der Waals surface area contributed by atoms with Gasteiger partial charge in [0.1, 0.15) is 6.61 Å². The Morgan fingerprint density at radius 2 is 1.02 bits per heavy atom. The van der Waals surface area contributed by atoms with Crippen LogP contribution in [0.4, 0.5) is 0 Å². The summed E-state index contributed by atoms with van der Waals surface area (Å²) in [4.78, 5) is 36.9. The average Bonchev–Trinajstić information content (AvgIpc) is 3.11. The number of likely N-dealkylation sites (N-methyl/N-ethyl adjacent to an activating group) is 1. The average molecular weight is 749 g/mol. The molecule has 0 heterocycles.